The number of thioether (sulfide) groups is 1. The van der Waals surface area contributed by atoms with Gasteiger partial charge < -0.3 is 4.74 Å². The Morgan fingerprint density at radius 2 is 1.76 bits per heavy atom. The molecule has 1 heterocycles. The van der Waals surface area contributed by atoms with Gasteiger partial charge in [0.25, 0.3) is 11.6 Å². The molecule has 0 saturated carbocycles. The van der Waals surface area contributed by atoms with E-state index in [0.717, 1.165) is 17.0 Å². The van der Waals surface area contributed by atoms with Crippen LogP contribution in [0.3, 0.4) is 0 Å². The fourth-order valence-electron chi connectivity index (χ4n) is 3.31. The molecular weight excluding hydrogens is 516 g/mol. The van der Waals surface area contributed by atoms with E-state index in [0.29, 0.717) is 27.3 Å². The van der Waals surface area contributed by atoms with Gasteiger partial charge in [-0.15, -0.1) is 10.2 Å². The van der Waals surface area contributed by atoms with Gasteiger partial charge in [0.05, 0.1) is 23.5 Å². The van der Waals surface area contributed by atoms with Crippen LogP contribution in [0.2, 0.25) is 5.02 Å². The number of halogens is 1. The fraction of sp³-hybridized carbons (Fsp3) is 0.120. The summed E-state index contributed by atoms with van der Waals surface area (Å²) in [6.07, 6.45) is 0. The normalized spacial score (nSPS) is 11.3. The van der Waals surface area contributed by atoms with Gasteiger partial charge in [-0.05, 0) is 73.2 Å². The molecule has 4 aromatic rings. The van der Waals surface area contributed by atoms with E-state index in [1.54, 1.807) is 38.3 Å². The van der Waals surface area contributed by atoms with Crippen LogP contribution in [0, 0.1) is 10.1 Å². The zero-order valence-electron chi connectivity index (χ0n) is 19.8. The lowest BCUT2D eigenvalue weighted by molar-refractivity contribution is -0.384. The number of hydrogen-bond acceptors (Lipinski definition) is 8. The third-order valence-electron chi connectivity index (χ3n) is 5.24. The lowest BCUT2D eigenvalue weighted by Gasteiger charge is -2.11. The van der Waals surface area contributed by atoms with Gasteiger partial charge in [-0.2, -0.15) is 5.10 Å². The van der Waals surface area contributed by atoms with Crippen molar-refractivity contribution in [3.8, 4) is 22.8 Å². The first-order chi connectivity index (χ1) is 17.9. The summed E-state index contributed by atoms with van der Waals surface area (Å²) < 4.78 is 7.09. The van der Waals surface area contributed by atoms with Crippen LogP contribution in [-0.4, -0.2) is 44.2 Å². The van der Waals surface area contributed by atoms with Gasteiger partial charge >= 0.3 is 0 Å². The summed E-state index contributed by atoms with van der Waals surface area (Å²) in [6, 6.07) is 20.6. The summed E-state index contributed by atoms with van der Waals surface area (Å²) in [5.41, 5.74) is 5.27. The zero-order chi connectivity index (χ0) is 26.4. The van der Waals surface area contributed by atoms with Gasteiger partial charge in [0.15, 0.2) is 11.0 Å². The van der Waals surface area contributed by atoms with E-state index in [2.05, 4.69) is 20.7 Å². The highest BCUT2D eigenvalue weighted by atomic mass is 35.5. The molecule has 0 aliphatic carbocycles. The first-order valence-corrected chi connectivity index (χ1v) is 12.3. The Labute approximate surface area is 221 Å². The van der Waals surface area contributed by atoms with Crippen LogP contribution in [-0.2, 0) is 4.79 Å². The molecule has 0 atom stereocenters. The zero-order valence-corrected chi connectivity index (χ0v) is 21.4. The summed E-state index contributed by atoms with van der Waals surface area (Å²) in [5, 5.41) is 24.7. The third kappa shape index (κ3) is 6.32. The average Bonchev–Trinajstić information content (AvgIpc) is 3.35. The number of hydrogen-bond donors (Lipinski definition) is 1. The van der Waals surface area contributed by atoms with Crippen molar-refractivity contribution in [3.63, 3.8) is 0 Å². The number of methoxy groups -OCH3 is 1. The van der Waals surface area contributed by atoms with Crippen LogP contribution >= 0.6 is 23.4 Å². The van der Waals surface area contributed by atoms with Crippen LogP contribution in [0.25, 0.3) is 17.1 Å². The highest BCUT2D eigenvalue weighted by molar-refractivity contribution is 7.99. The molecule has 0 saturated heterocycles. The van der Waals surface area contributed by atoms with E-state index in [9.17, 15) is 14.9 Å². The molecule has 3 aromatic carbocycles. The molecule has 0 bridgehead atoms. The molecule has 0 unspecified atom stereocenters. The Morgan fingerprint density at radius 3 is 2.38 bits per heavy atom. The van der Waals surface area contributed by atoms with Crippen LogP contribution in [0.15, 0.2) is 83.1 Å². The Morgan fingerprint density at radius 1 is 1.08 bits per heavy atom. The van der Waals surface area contributed by atoms with Crippen LogP contribution in [0.1, 0.15) is 12.5 Å². The second kappa shape index (κ2) is 11.7. The highest BCUT2D eigenvalue weighted by Gasteiger charge is 2.17. The molecule has 0 radical (unpaired) electrons. The maximum atomic E-state index is 12.5. The third-order valence-corrected chi connectivity index (χ3v) is 6.42. The van der Waals surface area contributed by atoms with Crippen molar-refractivity contribution in [2.24, 2.45) is 5.10 Å². The molecule has 0 spiro atoms. The van der Waals surface area contributed by atoms with Crippen molar-refractivity contribution < 1.29 is 14.5 Å². The van der Waals surface area contributed by atoms with Gasteiger partial charge in [-0.1, -0.05) is 23.4 Å². The maximum absolute atomic E-state index is 12.5. The Kier molecular flexibility index (Phi) is 8.16. The maximum Gasteiger partial charge on any atom is 0.269 e. The summed E-state index contributed by atoms with van der Waals surface area (Å²) in [4.78, 5) is 22.9. The summed E-state index contributed by atoms with van der Waals surface area (Å²) >= 11 is 7.28. The molecule has 1 amide bonds. The summed E-state index contributed by atoms with van der Waals surface area (Å²) in [6.45, 7) is 1.70. The average molecular weight is 537 g/mol. The molecule has 1 N–H and O–H groups in total. The number of nitro groups is 1. The Hall–Kier alpha value is -4.22. The number of carbonyl (C=O) groups excluding carboxylic acids is 1. The second-order valence-electron chi connectivity index (χ2n) is 7.67. The van der Waals surface area contributed by atoms with E-state index >= 15 is 0 Å². The standard InChI is InChI=1S/C25H21ClN6O4S/c1-16(17-3-9-21(10-4-17)32(34)35)27-28-23(33)15-37-25-30-29-24(18-5-13-22(36-2)14-6-18)31(25)20-11-7-19(26)8-12-20/h3-14H,15H2,1-2H3,(H,28,33)/b27-16+. The quantitative estimate of drug-likeness (QED) is 0.136. The number of rotatable bonds is 9. The van der Waals surface area contributed by atoms with E-state index in [-0.39, 0.29) is 17.3 Å². The number of nitro benzene ring substituents is 1. The minimum atomic E-state index is -0.474. The smallest absolute Gasteiger partial charge is 0.269 e. The number of amides is 1. The number of aromatic nitrogens is 3. The van der Waals surface area contributed by atoms with Crippen molar-refractivity contribution in [2.45, 2.75) is 12.1 Å². The van der Waals surface area contributed by atoms with E-state index < -0.39 is 4.92 Å². The minimum Gasteiger partial charge on any atom is -0.497 e. The molecular formula is C25H21ClN6O4S. The van der Waals surface area contributed by atoms with E-state index in [1.807, 2.05) is 41.0 Å². The highest BCUT2D eigenvalue weighted by Crippen LogP contribution is 2.29. The van der Waals surface area contributed by atoms with Crippen molar-refractivity contribution in [1.29, 1.82) is 0 Å². The van der Waals surface area contributed by atoms with Crippen molar-refractivity contribution >= 4 is 40.7 Å². The second-order valence-corrected chi connectivity index (χ2v) is 9.05. The van der Waals surface area contributed by atoms with E-state index in [4.69, 9.17) is 16.3 Å². The monoisotopic (exact) mass is 536 g/mol. The first kappa shape index (κ1) is 25.9. The van der Waals surface area contributed by atoms with Crippen LogP contribution < -0.4 is 10.2 Å². The van der Waals surface area contributed by atoms with E-state index in [1.165, 1.54) is 23.9 Å². The van der Waals surface area contributed by atoms with Gasteiger partial charge in [0, 0.05) is 28.4 Å². The molecule has 1 aromatic heterocycles. The number of nitrogens with one attached hydrogen (secondary N) is 1. The molecule has 0 aliphatic heterocycles. The lowest BCUT2D eigenvalue weighted by Crippen LogP contribution is -2.21. The van der Waals surface area contributed by atoms with Gasteiger partial charge in [0.1, 0.15) is 5.75 Å². The first-order valence-electron chi connectivity index (χ1n) is 10.9. The number of carbonyl (C=O) groups is 1. The number of non-ortho nitro benzene ring substituents is 1. The number of nitrogens with zero attached hydrogens (tertiary/aromatic N) is 5. The van der Waals surface area contributed by atoms with Gasteiger partial charge in [-0.25, -0.2) is 5.43 Å². The SMILES string of the molecule is COc1ccc(-c2nnc(SCC(=O)N/N=C(\C)c3ccc([N+](=O)[O-])cc3)n2-c2ccc(Cl)cc2)cc1. The number of hydrazone groups is 1. The molecule has 12 heteroatoms. The largest absolute Gasteiger partial charge is 0.497 e. The van der Waals surface area contributed by atoms with Crippen molar-refractivity contribution in [2.75, 3.05) is 12.9 Å². The Balaban J connectivity index is 1.50. The summed E-state index contributed by atoms with van der Waals surface area (Å²) in [5.74, 6) is 1.01. The molecule has 0 fully saturated rings. The number of benzene rings is 3. The predicted octanol–water partition coefficient (Wildman–Crippen LogP) is 5.14. The Bertz CT molecular complexity index is 1440. The van der Waals surface area contributed by atoms with Crippen molar-refractivity contribution in [3.05, 3.63) is 93.5 Å². The van der Waals surface area contributed by atoms with Crippen molar-refractivity contribution in [1.82, 2.24) is 20.2 Å². The molecule has 4 rings (SSSR count). The topological polar surface area (TPSA) is 125 Å². The number of ether oxygens (including phenoxy) is 1. The van der Waals surface area contributed by atoms with Gasteiger partial charge in [0.2, 0.25) is 0 Å². The lowest BCUT2D eigenvalue weighted by atomic mass is 10.1. The molecule has 0 aliphatic rings. The predicted molar refractivity (Wildman–Crippen MR) is 143 cm³/mol. The van der Waals surface area contributed by atoms with Crippen LogP contribution in [0.4, 0.5) is 5.69 Å². The van der Waals surface area contributed by atoms with Gasteiger partial charge in [-0.3, -0.25) is 19.5 Å². The summed E-state index contributed by atoms with van der Waals surface area (Å²) in [7, 11) is 1.60. The fourth-order valence-corrected chi connectivity index (χ4v) is 4.18. The van der Waals surface area contributed by atoms with Crippen LogP contribution in [0.5, 0.6) is 5.75 Å². The molecule has 188 valence electrons. The molecule has 37 heavy (non-hydrogen) atoms. The molecule has 10 nitrogen and oxygen atoms in total. The minimum absolute atomic E-state index is 0.0178.